The van der Waals surface area contributed by atoms with Crippen LogP contribution < -0.4 is 5.63 Å². The molecule has 0 aliphatic carbocycles. The number of nitrogens with zero attached hydrogens (tertiary/aromatic N) is 2. The fourth-order valence-corrected chi connectivity index (χ4v) is 3.39. The fraction of sp³-hybridized carbons (Fsp3) is 0.316. The van der Waals surface area contributed by atoms with Crippen LogP contribution >= 0.6 is 24.8 Å². The van der Waals surface area contributed by atoms with Gasteiger partial charge in [0.1, 0.15) is 5.58 Å². The van der Waals surface area contributed by atoms with E-state index in [4.69, 9.17) is 4.42 Å². The lowest BCUT2D eigenvalue weighted by molar-refractivity contribution is 0.148. The molecule has 0 saturated carbocycles. The standard InChI is InChI=1S/C19H20N2O2.2ClH/c1-20-8-10-21(11-9-20)13-15-12-18(22)23-17-7-6-14-4-2-3-5-16(14)19(15)17;;/h2-7,12H,8-11,13H2,1H3;2*1H. The highest BCUT2D eigenvalue weighted by molar-refractivity contribution is 6.07. The van der Waals surface area contributed by atoms with Crippen LogP contribution in [0.15, 0.2) is 51.7 Å². The van der Waals surface area contributed by atoms with E-state index in [0.717, 1.165) is 49.1 Å². The number of hydrogen-bond acceptors (Lipinski definition) is 4. The quantitative estimate of drug-likeness (QED) is 0.503. The number of fused-ring (bicyclic) bond motifs is 3. The smallest absolute Gasteiger partial charge is 0.336 e. The van der Waals surface area contributed by atoms with Gasteiger partial charge in [-0.05, 0) is 29.4 Å². The molecular weight excluding hydrogens is 359 g/mol. The van der Waals surface area contributed by atoms with E-state index >= 15 is 0 Å². The van der Waals surface area contributed by atoms with E-state index in [0.29, 0.717) is 5.58 Å². The lowest BCUT2D eigenvalue weighted by Crippen LogP contribution is -2.43. The van der Waals surface area contributed by atoms with Crippen LogP contribution in [0.3, 0.4) is 0 Å². The summed E-state index contributed by atoms with van der Waals surface area (Å²) in [4.78, 5) is 16.7. The second-order valence-electron chi connectivity index (χ2n) is 6.33. The summed E-state index contributed by atoms with van der Waals surface area (Å²) < 4.78 is 5.43. The van der Waals surface area contributed by atoms with E-state index in [2.05, 4.69) is 29.0 Å². The zero-order valence-corrected chi connectivity index (χ0v) is 15.7. The van der Waals surface area contributed by atoms with E-state index in [1.54, 1.807) is 6.07 Å². The van der Waals surface area contributed by atoms with Crippen LogP contribution in [0.5, 0.6) is 0 Å². The lowest BCUT2D eigenvalue weighted by atomic mass is 10.0. The van der Waals surface area contributed by atoms with Crippen LogP contribution in [-0.4, -0.2) is 43.0 Å². The molecule has 0 N–H and O–H groups in total. The van der Waals surface area contributed by atoms with Crippen molar-refractivity contribution in [1.82, 2.24) is 9.80 Å². The summed E-state index contributed by atoms with van der Waals surface area (Å²) in [5.41, 5.74) is 1.48. The second-order valence-corrected chi connectivity index (χ2v) is 6.33. The normalized spacial score (nSPS) is 15.7. The zero-order valence-electron chi connectivity index (χ0n) is 14.1. The van der Waals surface area contributed by atoms with E-state index < -0.39 is 0 Å². The Hall–Kier alpha value is -1.59. The fourth-order valence-electron chi connectivity index (χ4n) is 3.39. The Morgan fingerprint density at radius 2 is 1.72 bits per heavy atom. The third-order valence-electron chi connectivity index (χ3n) is 4.70. The summed E-state index contributed by atoms with van der Waals surface area (Å²) in [7, 11) is 2.15. The largest absolute Gasteiger partial charge is 0.423 e. The number of halogens is 2. The van der Waals surface area contributed by atoms with Crippen molar-refractivity contribution in [3.05, 3.63) is 58.4 Å². The van der Waals surface area contributed by atoms with Gasteiger partial charge in [-0.1, -0.05) is 30.3 Å². The molecule has 0 radical (unpaired) electrons. The molecule has 134 valence electrons. The minimum Gasteiger partial charge on any atom is -0.423 e. The summed E-state index contributed by atoms with van der Waals surface area (Å²) in [6, 6.07) is 13.9. The molecule has 3 aromatic rings. The molecule has 0 bridgehead atoms. The summed E-state index contributed by atoms with van der Waals surface area (Å²) in [6.45, 7) is 5.00. The van der Waals surface area contributed by atoms with Crippen molar-refractivity contribution >= 4 is 46.6 Å². The summed E-state index contributed by atoms with van der Waals surface area (Å²) in [6.07, 6.45) is 0. The number of likely N-dealkylation sites (N-methyl/N-ethyl adjacent to an activating group) is 1. The average Bonchev–Trinajstić information content (AvgIpc) is 2.56. The third-order valence-corrected chi connectivity index (χ3v) is 4.70. The summed E-state index contributed by atoms with van der Waals surface area (Å²) in [5.74, 6) is 0. The van der Waals surface area contributed by atoms with Gasteiger partial charge in [0.15, 0.2) is 0 Å². The summed E-state index contributed by atoms with van der Waals surface area (Å²) in [5, 5.41) is 3.40. The van der Waals surface area contributed by atoms with Gasteiger partial charge < -0.3 is 9.32 Å². The maximum Gasteiger partial charge on any atom is 0.336 e. The molecule has 1 fully saturated rings. The highest BCUT2D eigenvalue weighted by Gasteiger charge is 2.17. The molecule has 1 aliphatic heterocycles. The Balaban J connectivity index is 0.00000113. The van der Waals surface area contributed by atoms with Crippen LogP contribution in [0, 0.1) is 0 Å². The summed E-state index contributed by atoms with van der Waals surface area (Å²) >= 11 is 0. The lowest BCUT2D eigenvalue weighted by Gasteiger charge is -2.32. The second kappa shape index (κ2) is 8.19. The van der Waals surface area contributed by atoms with Gasteiger partial charge in [0.2, 0.25) is 0 Å². The Labute approximate surface area is 159 Å². The first-order chi connectivity index (χ1) is 11.2. The maximum absolute atomic E-state index is 11.9. The van der Waals surface area contributed by atoms with Gasteiger partial charge in [-0.15, -0.1) is 24.8 Å². The SMILES string of the molecule is CN1CCN(Cc2cc(=O)oc3ccc4ccccc4c23)CC1.Cl.Cl. The number of rotatable bonds is 2. The number of hydrogen-bond donors (Lipinski definition) is 0. The van der Waals surface area contributed by atoms with Crippen molar-refractivity contribution in [2.45, 2.75) is 6.54 Å². The predicted octanol–water partition coefficient (Wildman–Crippen LogP) is 3.54. The van der Waals surface area contributed by atoms with Crippen molar-refractivity contribution in [3.63, 3.8) is 0 Å². The molecule has 0 spiro atoms. The van der Waals surface area contributed by atoms with Gasteiger partial charge in [-0.25, -0.2) is 4.79 Å². The van der Waals surface area contributed by atoms with Crippen LogP contribution in [0.1, 0.15) is 5.56 Å². The first kappa shape index (κ1) is 19.7. The molecule has 0 atom stereocenters. The number of piperazine rings is 1. The molecule has 2 heterocycles. The molecule has 0 amide bonds. The zero-order chi connectivity index (χ0) is 15.8. The minimum absolute atomic E-state index is 0. The van der Waals surface area contributed by atoms with Crippen molar-refractivity contribution in [1.29, 1.82) is 0 Å². The van der Waals surface area contributed by atoms with Crippen LogP contribution in [0.4, 0.5) is 0 Å². The van der Waals surface area contributed by atoms with Gasteiger partial charge in [0, 0.05) is 44.2 Å². The Bertz CT molecular complexity index is 918. The molecule has 4 rings (SSSR count). The molecule has 1 aliphatic rings. The van der Waals surface area contributed by atoms with E-state index in [1.807, 2.05) is 24.3 Å². The Morgan fingerprint density at radius 3 is 2.48 bits per heavy atom. The first-order valence-corrected chi connectivity index (χ1v) is 8.06. The molecular formula is C19H22Cl2N2O2. The molecule has 1 saturated heterocycles. The van der Waals surface area contributed by atoms with Crippen LogP contribution in [0.25, 0.3) is 21.7 Å². The van der Waals surface area contributed by atoms with Crippen molar-refractivity contribution in [2.24, 2.45) is 0 Å². The maximum atomic E-state index is 11.9. The van der Waals surface area contributed by atoms with E-state index in [1.165, 1.54) is 5.39 Å². The van der Waals surface area contributed by atoms with Crippen LogP contribution in [-0.2, 0) is 6.54 Å². The van der Waals surface area contributed by atoms with Crippen molar-refractivity contribution in [3.8, 4) is 0 Å². The third kappa shape index (κ3) is 3.98. The molecule has 1 aromatic heterocycles. The minimum atomic E-state index is -0.267. The molecule has 25 heavy (non-hydrogen) atoms. The van der Waals surface area contributed by atoms with Crippen LogP contribution in [0.2, 0.25) is 0 Å². The van der Waals surface area contributed by atoms with Crippen molar-refractivity contribution < 1.29 is 4.42 Å². The van der Waals surface area contributed by atoms with E-state index in [9.17, 15) is 4.79 Å². The van der Waals surface area contributed by atoms with Crippen molar-refractivity contribution in [2.75, 3.05) is 33.2 Å². The number of benzene rings is 2. The highest BCUT2D eigenvalue weighted by Crippen LogP contribution is 2.28. The molecule has 4 nitrogen and oxygen atoms in total. The molecule has 2 aromatic carbocycles. The van der Waals surface area contributed by atoms with Gasteiger partial charge in [-0.3, -0.25) is 4.90 Å². The highest BCUT2D eigenvalue weighted by atomic mass is 35.5. The van der Waals surface area contributed by atoms with Gasteiger partial charge in [0.05, 0.1) is 0 Å². The topological polar surface area (TPSA) is 36.7 Å². The van der Waals surface area contributed by atoms with E-state index in [-0.39, 0.29) is 30.4 Å². The van der Waals surface area contributed by atoms with Gasteiger partial charge in [0.25, 0.3) is 0 Å². The first-order valence-electron chi connectivity index (χ1n) is 8.06. The molecule has 6 heteroatoms. The van der Waals surface area contributed by atoms with Gasteiger partial charge in [-0.2, -0.15) is 0 Å². The Morgan fingerprint density at radius 1 is 1.00 bits per heavy atom. The Kier molecular flexibility index (Phi) is 6.47. The average molecular weight is 381 g/mol. The van der Waals surface area contributed by atoms with Gasteiger partial charge >= 0.3 is 5.63 Å². The molecule has 0 unspecified atom stereocenters. The predicted molar refractivity (Wildman–Crippen MR) is 107 cm³/mol. The monoisotopic (exact) mass is 380 g/mol.